The van der Waals surface area contributed by atoms with Crippen molar-refractivity contribution in [3.8, 4) is 0 Å². The van der Waals surface area contributed by atoms with E-state index in [1.54, 1.807) is 0 Å². The molecule has 0 aliphatic rings. The first-order valence-corrected chi connectivity index (χ1v) is 16.3. The smallest absolute Gasteiger partial charge is 0.344 e. The normalized spacial score (nSPS) is 13.9. The molecule has 0 N–H and O–H groups in total. The number of carbonyl (C=O) groups excluding carboxylic acids is 1. The van der Waals surface area contributed by atoms with Crippen molar-refractivity contribution in [2.75, 3.05) is 27.9 Å². The standard InChI is InChI=1S/C29H43O6PSi/c1-24(16-14-22-27(28(30)32-5)36(31,33-6)34-7)17-15-23-35-37(29(2,3)4,25-18-10-8-11-19-25)26-20-12-9-13-21-26/h8-13,16,18-21,27H,14-15,17,22-23H2,1-7H3/b24-16+. The van der Waals surface area contributed by atoms with E-state index < -0.39 is 27.5 Å². The fourth-order valence-corrected chi connectivity index (χ4v) is 10.9. The Morgan fingerprint density at radius 1 is 0.946 bits per heavy atom. The number of hydrogen-bond acceptors (Lipinski definition) is 6. The monoisotopic (exact) mass is 546 g/mol. The van der Waals surface area contributed by atoms with Gasteiger partial charge in [0, 0.05) is 20.8 Å². The summed E-state index contributed by atoms with van der Waals surface area (Å²) < 4.78 is 34.6. The van der Waals surface area contributed by atoms with Gasteiger partial charge < -0.3 is 18.2 Å². The van der Waals surface area contributed by atoms with Crippen LogP contribution in [0.5, 0.6) is 0 Å². The number of rotatable bonds is 14. The zero-order valence-corrected chi connectivity index (χ0v) is 25.3. The summed E-state index contributed by atoms with van der Waals surface area (Å²) >= 11 is 0. The maximum absolute atomic E-state index is 12.8. The lowest BCUT2D eigenvalue weighted by Crippen LogP contribution is -2.66. The molecule has 0 bridgehead atoms. The van der Waals surface area contributed by atoms with Gasteiger partial charge in [-0.25, -0.2) is 0 Å². The molecule has 0 aromatic heterocycles. The van der Waals surface area contributed by atoms with Crippen LogP contribution in [0.25, 0.3) is 0 Å². The first-order chi connectivity index (χ1) is 17.6. The molecule has 0 heterocycles. The van der Waals surface area contributed by atoms with Gasteiger partial charge in [-0.05, 0) is 48.0 Å². The van der Waals surface area contributed by atoms with Gasteiger partial charge in [0.15, 0.2) is 5.66 Å². The number of benzene rings is 2. The average Bonchev–Trinajstić information content (AvgIpc) is 2.90. The second kappa shape index (κ2) is 14.2. The number of esters is 1. The molecule has 2 aromatic carbocycles. The van der Waals surface area contributed by atoms with Crippen LogP contribution in [0.2, 0.25) is 5.04 Å². The van der Waals surface area contributed by atoms with Crippen LogP contribution in [0.4, 0.5) is 0 Å². The van der Waals surface area contributed by atoms with Crippen LogP contribution in [0, 0.1) is 0 Å². The lowest BCUT2D eigenvalue weighted by atomic mass is 10.1. The number of carbonyl (C=O) groups is 1. The Morgan fingerprint density at radius 3 is 1.89 bits per heavy atom. The molecule has 1 atom stereocenters. The van der Waals surface area contributed by atoms with E-state index in [1.807, 2.05) is 12.1 Å². The fraction of sp³-hybridized carbons (Fsp3) is 0.483. The predicted molar refractivity (Wildman–Crippen MR) is 153 cm³/mol. The summed E-state index contributed by atoms with van der Waals surface area (Å²) in [6, 6.07) is 21.3. The molecule has 6 nitrogen and oxygen atoms in total. The Morgan fingerprint density at radius 2 is 1.46 bits per heavy atom. The molecule has 0 saturated heterocycles. The van der Waals surface area contributed by atoms with Crippen molar-refractivity contribution in [3.63, 3.8) is 0 Å². The maximum Gasteiger partial charge on any atom is 0.344 e. The Hall–Kier alpha value is -2.02. The van der Waals surface area contributed by atoms with E-state index in [1.165, 1.54) is 37.3 Å². The van der Waals surface area contributed by atoms with Crippen LogP contribution >= 0.6 is 7.60 Å². The molecule has 8 heteroatoms. The predicted octanol–water partition coefficient (Wildman–Crippen LogP) is 6.10. The van der Waals surface area contributed by atoms with Crippen LogP contribution in [0.1, 0.15) is 53.4 Å². The van der Waals surface area contributed by atoms with E-state index in [4.69, 9.17) is 18.2 Å². The molecular weight excluding hydrogens is 503 g/mol. The van der Waals surface area contributed by atoms with Crippen molar-refractivity contribution >= 4 is 32.3 Å². The van der Waals surface area contributed by atoms with Gasteiger partial charge in [0.25, 0.3) is 8.32 Å². The van der Waals surface area contributed by atoms with Crippen molar-refractivity contribution in [3.05, 3.63) is 72.3 Å². The largest absolute Gasteiger partial charge is 0.468 e. The van der Waals surface area contributed by atoms with Gasteiger partial charge in [-0.1, -0.05) is 93.1 Å². The van der Waals surface area contributed by atoms with Crippen molar-refractivity contribution in [1.82, 2.24) is 0 Å². The lowest BCUT2D eigenvalue weighted by molar-refractivity contribution is -0.140. The Balaban J connectivity index is 2.10. The molecule has 2 aromatic rings. The molecule has 0 saturated carbocycles. The molecule has 0 radical (unpaired) electrons. The van der Waals surface area contributed by atoms with Crippen molar-refractivity contribution in [1.29, 1.82) is 0 Å². The molecule has 37 heavy (non-hydrogen) atoms. The minimum absolute atomic E-state index is 0.0554. The third-order valence-corrected chi connectivity index (χ3v) is 14.0. The second-order valence-electron chi connectivity index (χ2n) is 10.2. The van der Waals surface area contributed by atoms with Gasteiger partial charge in [0.05, 0.1) is 7.11 Å². The quantitative estimate of drug-likeness (QED) is 0.0938. The van der Waals surface area contributed by atoms with Gasteiger partial charge in [0.1, 0.15) is 0 Å². The number of allylic oxidation sites excluding steroid dienone is 2. The highest BCUT2D eigenvalue weighted by atomic mass is 31.2. The number of ether oxygens (including phenoxy) is 1. The fourth-order valence-electron chi connectivity index (χ4n) is 4.80. The first-order valence-electron chi connectivity index (χ1n) is 12.8. The van der Waals surface area contributed by atoms with E-state index in [-0.39, 0.29) is 5.04 Å². The molecule has 0 amide bonds. The summed E-state index contributed by atoms with van der Waals surface area (Å²) in [5.41, 5.74) is 0.245. The van der Waals surface area contributed by atoms with Crippen molar-refractivity contribution in [2.24, 2.45) is 0 Å². The number of methoxy groups -OCH3 is 1. The molecule has 0 aliphatic carbocycles. The van der Waals surface area contributed by atoms with Crippen LogP contribution in [-0.4, -0.2) is 47.9 Å². The summed E-state index contributed by atoms with van der Waals surface area (Å²) in [5, 5.41) is 2.49. The van der Waals surface area contributed by atoms with Gasteiger partial charge in [-0.3, -0.25) is 9.36 Å². The van der Waals surface area contributed by atoms with Crippen LogP contribution in [0.15, 0.2) is 72.3 Å². The highest BCUT2D eigenvalue weighted by molar-refractivity contribution is 7.55. The molecule has 204 valence electrons. The molecule has 0 fully saturated rings. The van der Waals surface area contributed by atoms with Crippen molar-refractivity contribution < 1.29 is 27.6 Å². The SMILES string of the molecule is COC(=O)C(CC/C=C(\C)CCCO[Si](c1ccccc1)(c1ccccc1)C(C)(C)C)P(=O)(OC)OC. The van der Waals surface area contributed by atoms with Crippen molar-refractivity contribution in [2.45, 2.75) is 64.1 Å². The van der Waals surface area contributed by atoms with Gasteiger partial charge in [-0.2, -0.15) is 0 Å². The first kappa shape index (κ1) is 31.2. The molecule has 1 unspecified atom stereocenters. The van der Waals surface area contributed by atoms with Gasteiger partial charge in [0.2, 0.25) is 0 Å². The van der Waals surface area contributed by atoms with E-state index in [2.05, 4.69) is 82.3 Å². The molecule has 0 spiro atoms. The number of hydrogen-bond donors (Lipinski definition) is 0. The Bertz CT molecular complexity index is 1000. The van der Waals surface area contributed by atoms with Gasteiger partial charge in [-0.15, -0.1) is 0 Å². The Labute approximate surface area is 224 Å². The molecule has 2 rings (SSSR count). The summed E-state index contributed by atoms with van der Waals surface area (Å²) in [7, 11) is -2.25. The maximum atomic E-state index is 12.8. The van der Waals surface area contributed by atoms with Crippen LogP contribution in [0.3, 0.4) is 0 Å². The second-order valence-corrected chi connectivity index (χ2v) is 16.9. The average molecular weight is 547 g/mol. The molecule has 0 aliphatic heterocycles. The minimum atomic E-state index is -3.56. The highest BCUT2D eigenvalue weighted by Crippen LogP contribution is 2.53. The summed E-state index contributed by atoms with van der Waals surface area (Å²) in [4.78, 5) is 12.2. The topological polar surface area (TPSA) is 71.1 Å². The zero-order valence-electron chi connectivity index (χ0n) is 23.4. The summed E-state index contributed by atoms with van der Waals surface area (Å²) in [6.07, 6.45) is 4.71. The summed E-state index contributed by atoms with van der Waals surface area (Å²) in [5.74, 6) is -0.586. The highest BCUT2D eigenvalue weighted by Gasteiger charge is 2.50. The zero-order chi connectivity index (χ0) is 27.5. The van der Waals surface area contributed by atoms with E-state index in [0.29, 0.717) is 19.4 Å². The third kappa shape index (κ3) is 7.74. The van der Waals surface area contributed by atoms with E-state index in [9.17, 15) is 9.36 Å². The third-order valence-electron chi connectivity index (χ3n) is 6.75. The molecular formula is C29H43O6PSi. The van der Waals surface area contributed by atoms with Gasteiger partial charge >= 0.3 is 13.6 Å². The lowest BCUT2D eigenvalue weighted by Gasteiger charge is -2.43. The minimum Gasteiger partial charge on any atom is -0.468 e. The van der Waals surface area contributed by atoms with Crippen LogP contribution in [-0.2, 0) is 27.6 Å². The van der Waals surface area contributed by atoms with E-state index >= 15 is 0 Å². The van der Waals surface area contributed by atoms with Crippen LogP contribution < -0.4 is 10.4 Å². The van der Waals surface area contributed by atoms with E-state index in [0.717, 1.165) is 12.8 Å². The summed E-state index contributed by atoms with van der Waals surface area (Å²) in [6.45, 7) is 9.55. The Kier molecular flexibility index (Phi) is 12.0.